The second-order valence-corrected chi connectivity index (χ2v) is 5.55. The van der Waals surface area contributed by atoms with Gasteiger partial charge in [0.05, 0.1) is 0 Å². The summed E-state index contributed by atoms with van der Waals surface area (Å²) >= 11 is 0. The fourth-order valence-corrected chi connectivity index (χ4v) is 3.13. The number of hydrogen-bond donors (Lipinski definition) is 0. The van der Waals surface area contributed by atoms with Gasteiger partial charge < -0.3 is 0 Å². The molecule has 1 aliphatic rings. The minimum absolute atomic E-state index is 0.240. The van der Waals surface area contributed by atoms with E-state index >= 15 is 0 Å². The fourth-order valence-electron chi connectivity index (χ4n) is 3.13. The van der Waals surface area contributed by atoms with Crippen LogP contribution in [0.1, 0.15) is 59.8 Å². The van der Waals surface area contributed by atoms with E-state index in [9.17, 15) is 4.79 Å². The average Bonchev–Trinajstić information content (AvgIpc) is 2.02. The molecule has 0 bridgehead atoms. The number of rotatable bonds is 3. The van der Waals surface area contributed by atoms with Crippen LogP contribution in [0.2, 0.25) is 0 Å². The number of ketones is 1. The second kappa shape index (κ2) is 4.46. The first-order valence-electron chi connectivity index (χ1n) is 6.01. The highest BCUT2D eigenvalue weighted by molar-refractivity contribution is 5.82. The van der Waals surface area contributed by atoms with Gasteiger partial charge in [-0.3, -0.25) is 4.79 Å². The van der Waals surface area contributed by atoms with Gasteiger partial charge in [0.2, 0.25) is 0 Å². The molecule has 0 aromatic carbocycles. The molecule has 0 amide bonds. The smallest absolute Gasteiger partial charge is 0.136 e. The van der Waals surface area contributed by atoms with Gasteiger partial charge in [0.15, 0.2) is 0 Å². The highest BCUT2D eigenvalue weighted by Gasteiger charge is 2.40. The summed E-state index contributed by atoms with van der Waals surface area (Å²) in [5.74, 6) is 1.42. The lowest BCUT2D eigenvalue weighted by atomic mass is 9.62. The monoisotopic (exact) mass is 196 g/mol. The largest absolute Gasteiger partial charge is 0.299 e. The Labute approximate surface area is 88.3 Å². The molecule has 0 saturated heterocycles. The Kier molecular flexibility index (Phi) is 3.74. The van der Waals surface area contributed by atoms with Gasteiger partial charge in [-0.05, 0) is 30.6 Å². The van der Waals surface area contributed by atoms with Gasteiger partial charge >= 0.3 is 0 Å². The molecule has 1 saturated carbocycles. The molecule has 1 nitrogen and oxygen atoms in total. The van der Waals surface area contributed by atoms with Gasteiger partial charge in [-0.1, -0.05) is 34.1 Å². The molecule has 0 spiro atoms. The second-order valence-electron chi connectivity index (χ2n) is 5.55. The number of carbonyl (C=O) groups excluding carboxylic acids is 1. The van der Waals surface area contributed by atoms with Crippen LogP contribution < -0.4 is 0 Å². The summed E-state index contributed by atoms with van der Waals surface area (Å²) in [6, 6.07) is 0. The van der Waals surface area contributed by atoms with Crippen LogP contribution in [-0.2, 0) is 4.79 Å². The SMILES string of the molecule is CCCC(=O)C1C(C)CCCC1(C)C. The maximum Gasteiger partial charge on any atom is 0.136 e. The van der Waals surface area contributed by atoms with Crippen molar-refractivity contribution < 1.29 is 4.79 Å². The van der Waals surface area contributed by atoms with Crippen molar-refractivity contribution in [3.8, 4) is 0 Å². The first-order chi connectivity index (χ1) is 6.49. The molecule has 0 aromatic heterocycles. The predicted octanol–water partition coefficient (Wildman–Crippen LogP) is 3.82. The van der Waals surface area contributed by atoms with Crippen LogP contribution in [0.25, 0.3) is 0 Å². The standard InChI is InChI=1S/C13H24O/c1-5-7-11(14)12-10(2)8-6-9-13(12,3)4/h10,12H,5-9H2,1-4H3. The lowest BCUT2D eigenvalue weighted by Gasteiger charge is -2.42. The number of hydrogen-bond acceptors (Lipinski definition) is 1. The topological polar surface area (TPSA) is 17.1 Å². The molecule has 1 heteroatoms. The number of carbonyl (C=O) groups is 1. The van der Waals surface area contributed by atoms with Crippen LogP contribution >= 0.6 is 0 Å². The quantitative estimate of drug-likeness (QED) is 0.670. The fraction of sp³-hybridized carbons (Fsp3) is 0.923. The highest BCUT2D eigenvalue weighted by atomic mass is 16.1. The van der Waals surface area contributed by atoms with Crippen molar-refractivity contribution >= 4 is 5.78 Å². The first kappa shape index (κ1) is 11.7. The minimum atomic E-state index is 0.240. The van der Waals surface area contributed by atoms with E-state index in [4.69, 9.17) is 0 Å². The zero-order chi connectivity index (χ0) is 10.8. The molecule has 82 valence electrons. The van der Waals surface area contributed by atoms with E-state index in [2.05, 4.69) is 27.7 Å². The van der Waals surface area contributed by atoms with Crippen molar-refractivity contribution in [2.75, 3.05) is 0 Å². The highest BCUT2D eigenvalue weighted by Crippen LogP contribution is 2.44. The molecule has 0 N–H and O–H groups in total. The van der Waals surface area contributed by atoms with Crippen molar-refractivity contribution in [3.63, 3.8) is 0 Å². The predicted molar refractivity (Wildman–Crippen MR) is 60.2 cm³/mol. The normalized spacial score (nSPS) is 31.4. The third-order valence-electron chi connectivity index (χ3n) is 3.73. The summed E-state index contributed by atoms with van der Waals surface area (Å²) in [6.07, 6.45) is 5.53. The summed E-state index contributed by atoms with van der Waals surface area (Å²) in [6.45, 7) is 8.87. The van der Waals surface area contributed by atoms with Crippen LogP contribution in [-0.4, -0.2) is 5.78 Å². The summed E-state index contributed by atoms with van der Waals surface area (Å²) < 4.78 is 0. The van der Waals surface area contributed by atoms with Crippen LogP contribution in [0.4, 0.5) is 0 Å². The van der Waals surface area contributed by atoms with Gasteiger partial charge in [0.25, 0.3) is 0 Å². The van der Waals surface area contributed by atoms with E-state index in [1.807, 2.05) is 0 Å². The van der Waals surface area contributed by atoms with Crippen LogP contribution in [0.3, 0.4) is 0 Å². The van der Waals surface area contributed by atoms with E-state index in [-0.39, 0.29) is 5.41 Å². The Hall–Kier alpha value is -0.330. The van der Waals surface area contributed by atoms with E-state index in [0.29, 0.717) is 17.6 Å². The Morgan fingerprint density at radius 1 is 1.43 bits per heavy atom. The molecule has 2 unspecified atom stereocenters. The van der Waals surface area contributed by atoms with Crippen molar-refractivity contribution in [2.45, 2.75) is 59.8 Å². The molecule has 2 atom stereocenters. The maximum atomic E-state index is 12.0. The lowest BCUT2D eigenvalue weighted by Crippen LogP contribution is -2.39. The van der Waals surface area contributed by atoms with E-state index in [0.717, 1.165) is 12.8 Å². The molecule has 0 radical (unpaired) electrons. The van der Waals surface area contributed by atoms with Gasteiger partial charge in [0, 0.05) is 12.3 Å². The first-order valence-corrected chi connectivity index (χ1v) is 6.01. The summed E-state index contributed by atoms with van der Waals surface area (Å²) in [7, 11) is 0. The van der Waals surface area contributed by atoms with E-state index < -0.39 is 0 Å². The van der Waals surface area contributed by atoms with Crippen molar-refractivity contribution in [2.24, 2.45) is 17.3 Å². The zero-order valence-electron chi connectivity index (χ0n) is 10.1. The van der Waals surface area contributed by atoms with E-state index in [1.165, 1.54) is 19.3 Å². The average molecular weight is 196 g/mol. The molecule has 1 fully saturated rings. The zero-order valence-corrected chi connectivity index (χ0v) is 10.1. The van der Waals surface area contributed by atoms with Gasteiger partial charge in [-0.25, -0.2) is 0 Å². The summed E-state index contributed by atoms with van der Waals surface area (Å²) in [5.41, 5.74) is 0.240. The Balaban J connectivity index is 2.74. The molecule has 0 aliphatic heterocycles. The molecule has 14 heavy (non-hydrogen) atoms. The van der Waals surface area contributed by atoms with Crippen molar-refractivity contribution in [1.29, 1.82) is 0 Å². The minimum Gasteiger partial charge on any atom is -0.299 e. The van der Waals surface area contributed by atoms with Crippen molar-refractivity contribution in [1.82, 2.24) is 0 Å². The summed E-state index contributed by atoms with van der Waals surface area (Å²) in [5, 5.41) is 0. The van der Waals surface area contributed by atoms with Crippen LogP contribution in [0.15, 0.2) is 0 Å². The third kappa shape index (κ3) is 2.37. The number of Topliss-reactive ketones (excluding diaryl/α,β-unsaturated/α-hetero) is 1. The summed E-state index contributed by atoms with van der Waals surface area (Å²) in [4.78, 5) is 12.0. The molecular formula is C13H24O. The third-order valence-corrected chi connectivity index (χ3v) is 3.73. The van der Waals surface area contributed by atoms with Crippen LogP contribution in [0, 0.1) is 17.3 Å². The Morgan fingerprint density at radius 2 is 2.07 bits per heavy atom. The van der Waals surface area contributed by atoms with E-state index in [1.54, 1.807) is 0 Å². The maximum absolute atomic E-state index is 12.0. The van der Waals surface area contributed by atoms with Gasteiger partial charge in [0.1, 0.15) is 5.78 Å². The van der Waals surface area contributed by atoms with Gasteiger partial charge in [-0.15, -0.1) is 0 Å². The molecular weight excluding hydrogens is 172 g/mol. The van der Waals surface area contributed by atoms with Crippen LogP contribution in [0.5, 0.6) is 0 Å². The van der Waals surface area contributed by atoms with Gasteiger partial charge in [-0.2, -0.15) is 0 Å². The molecule has 1 rings (SSSR count). The molecule has 0 heterocycles. The Morgan fingerprint density at radius 3 is 2.57 bits per heavy atom. The molecule has 0 aromatic rings. The van der Waals surface area contributed by atoms with Crippen molar-refractivity contribution in [3.05, 3.63) is 0 Å². The Bertz CT molecular complexity index is 205. The lowest BCUT2D eigenvalue weighted by molar-refractivity contribution is -0.130. The molecule has 1 aliphatic carbocycles.